The number of fused-ring (bicyclic) bond motifs is 1. The topological polar surface area (TPSA) is 64.0 Å². The van der Waals surface area contributed by atoms with E-state index in [4.69, 9.17) is 14.5 Å². The first kappa shape index (κ1) is 21.6. The minimum Gasteiger partial charge on any atom is -0.494 e. The summed E-state index contributed by atoms with van der Waals surface area (Å²) < 4.78 is 12.0. The summed E-state index contributed by atoms with van der Waals surface area (Å²) in [4.78, 5) is 17.3. The van der Waals surface area contributed by atoms with Gasteiger partial charge >= 0.3 is 0 Å². The van der Waals surface area contributed by atoms with Gasteiger partial charge in [0.05, 0.1) is 17.8 Å². The standard InChI is InChI=1S/C28H25N3O3/c1-3-17-33-22-15-13-21(14-16-22)28-31(19(2)32)30-27(34-28)24-18-26(20-9-5-4-6-10-20)29-25-12-8-7-11-23(24)25/h4-16,18,28H,3,17H2,1-2H3/t28-/m0/s1. The highest BCUT2D eigenvalue weighted by atomic mass is 16.5. The smallest absolute Gasteiger partial charge is 0.243 e. The van der Waals surface area contributed by atoms with Gasteiger partial charge in [0.2, 0.25) is 18.0 Å². The minimum atomic E-state index is -0.653. The van der Waals surface area contributed by atoms with Crippen molar-refractivity contribution in [2.75, 3.05) is 6.61 Å². The maximum atomic E-state index is 12.5. The number of para-hydroxylation sites is 1. The molecule has 0 spiro atoms. The quantitative estimate of drug-likeness (QED) is 0.364. The van der Waals surface area contributed by atoms with Crippen LogP contribution in [0.1, 0.15) is 37.6 Å². The van der Waals surface area contributed by atoms with Gasteiger partial charge in [0.15, 0.2) is 0 Å². The van der Waals surface area contributed by atoms with Crippen LogP contribution in [0, 0.1) is 0 Å². The average Bonchev–Trinajstić information content (AvgIpc) is 3.33. The Morgan fingerprint density at radius 1 is 1.00 bits per heavy atom. The monoisotopic (exact) mass is 451 g/mol. The molecule has 6 nitrogen and oxygen atoms in total. The van der Waals surface area contributed by atoms with E-state index in [-0.39, 0.29) is 5.91 Å². The molecule has 170 valence electrons. The second kappa shape index (κ2) is 9.35. The molecular weight excluding hydrogens is 426 g/mol. The van der Waals surface area contributed by atoms with Gasteiger partial charge in [-0.3, -0.25) is 4.79 Å². The summed E-state index contributed by atoms with van der Waals surface area (Å²) in [6.45, 7) is 4.21. The van der Waals surface area contributed by atoms with Crippen molar-refractivity contribution in [1.82, 2.24) is 9.99 Å². The molecule has 3 aromatic carbocycles. The van der Waals surface area contributed by atoms with Crippen LogP contribution in [0.2, 0.25) is 0 Å². The fourth-order valence-electron chi connectivity index (χ4n) is 3.95. The Bertz CT molecular complexity index is 1350. The highest BCUT2D eigenvalue weighted by molar-refractivity contribution is 6.08. The molecule has 2 heterocycles. The number of ether oxygens (including phenoxy) is 2. The molecule has 1 atom stereocenters. The predicted octanol–water partition coefficient (Wildman–Crippen LogP) is 5.93. The Hall–Kier alpha value is -4.19. The lowest BCUT2D eigenvalue weighted by Crippen LogP contribution is -2.25. The summed E-state index contributed by atoms with van der Waals surface area (Å²) in [6, 6.07) is 27.4. The maximum absolute atomic E-state index is 12.5. The van der Waals surface area contributed by atoms with Crippen molar-refractivity contribution < 1.29 is 14.3 Å². The number of carbonyl (C=O) groups excluding carboxylic acids is 1. The van der Waals surface area contributed by atoms with Gasteiger partial charge in [-0.1, -0.05) is 55.5 Å². The van der Waals surface area contributed by atoms with Gasteiger partial charge in [-0.15, -0.1) is 5.10 Å². The maximum Gasteiger partial charge on any atom is 0.243 e. The first-order valence-corrected chi connectivity index (χ1v) is 11.4. The SMILES string of the molecule is CCCOc1ccc([C@@H]2OC(c3cc(-c4ccccc4)nc4ccccc34)=NN2C(C)=O)cc1. The van der Waals surface area contributed by atoms with Crippen LogP contribution in [0.15, 0.2) is 90.0 Å². The summed E-state index contributed by atoms with van der Waals surface area (Å²) in [5, 5.41) is 6.89. The molecule has 6 heteroatoms. The summed E-state index contributed by atoms with van der Waals surface area (Å²) in [7, 11) is 0. The van der Waals surface area contributed by atoms with Gasteiger partial charge in [-0.25, -0.2) is 4.98 Å². The zero-order valence-electron chi connectivity index (χ0n) is 19.1. The van der Waals surface area contributed by atoms with Crippen LogP contribution in [0.5, 0.6) is 5.75 Å². The summed E-state index contributed by atoms with van der Waals surface area (Å²) >= 11 is 0. The van der Waals surface area contributed by atoms with Crippen LogP contribution in [-0.2, 0) is 9.53 Å². The Balaban J connectivity index is 1.54. The number of aromatic nitrogens is 1. The van der Waals surface area contributed by atoms with Crippen LogP contribution in [0.3, 0.4) is 0 Å². The van der Waals surface area contributed by atoms with E-state index in [2.05, 4.69) is 12.0 Å². The first-order valence-electron chi connectivity index (χ1n) is 11.4. The molecule has 4 aromatic rings. The van der Waals surface area contributed by atoms with Gasteiger partial charge in [0.1, 0.15) is 5.75 Å². The van der Waals surface area contributed by atoms with Crippen molar-refractivity contribution in [3.8, 4) is 17.0 Å². The van der Waals surface area contributed by atoms with Crippen molar-refractivity contribution in [3.63, 3.8) is 0 Å². The molecule has 1 aromatic heterocycles. The Kier molecular flexibility index (Phi) is 5.95. The molecular formula is C28H25N3O3. The molecule has 0 unspecified atom stereocenters. The lowest BCUT2D eigenvalue weighted by molar-refractivity contribution is -0.135. The lowest BCUT2D eigenvalue weighted by Gasteiger charge is -2.19. The van der Waals surface area contributed by atoms with Crippen molar-refractivity contribution in [1.29, 1.82) is 0 Å². The second-order valence-electron chi connectivity index (χ2n) is 8.09. The van der Waals surface area contributed by atoms with Crippen LogP contribution >= 0.6 is 0 Å². The van der Waals surface area contributed by atoms with Gasteiger partial charge in [-0.05, 0) is 42.8 Å². The molecule has 0 fully saturated rings. The number of hydrazone groups is 1. The number of benzene rings is 3. The van der Waals surface area contributed by atoms with Gasteiger partial charge in [0, 0.05) is 29.0 Å². The molecule has 0 aliphatic carbocycles. The number of hydrogen-bond donors (Lipinski definition) is 0. The van der Waals surface area contributed by atoms with Crippen LogP contribution in [0.25, 0.3) is 22.2 Å². The van der Waals surface area contributed by atoms with Crippen molar-refractivity contribution in [2.45, 2.75) is 26.5 Å². The Labute approximate surface area is 198 Å². The molecule has 5 rings (SSSR count). The third kappa shape index (κ3) is 4.22. The van der Waals surface area contributed by atoms with E-state index in [0.717, 1.165) is 45.5 Å². The van der Waals surface area contributed by atoms with Crippen molar-refractivity contribution in [3.05, 3.63) is 96.1 Å². The number of amides is 1. The van der Waals surface area contributed by atoms with E-state index >= 15 is 0 Å². The molecule has 0 N–H and O–H groups in total. The Morgan fingerprint density at radius 3 is 2.47 bits per heavy atom. The van der Waals surface area contributed by atoms with E-state index < -0.39 is 6.23 Å². The third-order valence-electron chi connectivity index (χ3n) is 5.62. The normalized spacial score (nSPS) is 15.2. The third-order valence-corrected chi connectivity index (χ3v) is 5.62. The number of hydrogen-bond acceptors (Lipinski definition) is 5. The zero-order valence-corrected chi connectivity index (χ0v) is 19.1. The molecule has 0 bridgehead atoms. The van der Waals surface area contributed by atoms with E-state index in [1.807, 2.05) is 84.9 Å². The van der Waals surface area contributed by atoms with Crippen LogP contribution < -0.4 is 4.74 Å². The molecule has 1 amide bonds. The van der Waals surface area contributed by atoms with Crippen LogP contribution in [-0.4, -0.2) is 28.4 Å². The van der Waals surface area contributed by atoms with E-state index in [1.165, 1.54) is 11.9 Å². The number of pyridine rings is 1. The predicted molar refractivity (Wildman–Crippen MR) is 132 cm³/mol. The lowest BCUT2D eigenvalue weighted by atomic mass is 10.0. The number of nitrogens with zero attached hydrogens (tertiary/aromatic N) is 3. The number of rotatable bonds is 6. The molecule has 1 aliphatic rings. The fraction of sp³-hybridized carbons (Fsp3) is 0.179. The molecule has 34 heavy (non-hydrogen) atoms. The average molecular weight is 452 g/mol. The molecule has 1 aliphatic heterocycles. The van der Waals surface area contributed by atoms with Crippen molar-refractivity contribution in [2.24, 2.45) is 5.10 Å². The Morgan fingerprint density at radius 2 is 1.74 bits per heavy atom. The largest absolute Gasteiger partial charge is 0.494 e. The second-order valence-corrected chi connectivity index (χ2v) is 8.09. The van der Waals surface area contributed by atoms with Crippen LogP contribution in [0.4, 0.5) is 0 Å². The molecule has 0 saturated carbocycles. The summed E-state index contributed by atoms with van der Waals surface area (Å²) in [5.41, 5.74) is 4.26. The number of carbonyl (C=O) groups is 1. The van der Waals surface area contributed by atoms with E-state index in [9.17, 15) is 4.79 Å². The van der Waals surface area contributed by atoms with Gasteiger partial charge < -0.3 is 9.47 Å². The zero-order chi connectivity index (χ0) is 23.5. The van der Waals surface area contributed by atoms with Gasteiger partial charge in [0.25, 0.3) is 0 Å². The van der Waals surface area contributed by atoms with Crippen molar-refractivity contribution >= 4 is 22.7 Å². The summed E-state index contributed by atoms with van der Waals surface area (Å²) in [5.74, 6) is 0.974. The van der Waals surface area contributed by atoms with Gasteiger partial charge in [-0.2, -0.15) is 5.01 Å². The van der Waals surface area contributed by atoms with E-state index in [1.54, 1.807) is 0 Å². The first-order chi connectivity index (χ1) is 16.6. The van der Waals surface area contributed by atoms with E-state index in [0.29, 0.717) is 12.5 Å². The minimum absolute atomic E-state index is 0.201. The fourth-order valence-corrected chi connectivity index (χ4v) is 3.95. The highest BCUT2D eigenvalue weighted by Gasteiger charge is 2.34. The summed E-state index contributed by atoms with van der Waals surface area (Å²) in [6.07, 6.45) is 0.285. The highest BCUT2D eigenvalue weighted by Crippen LogP contribution is 2.34. The molecule has 0 radical (unpaired) electrons. The molecule has 0 saturated heterocycles.